The molecule has 2 heterocycles. The van der Waals surface area contributed by atoms with Crippen molar-refractivity contribution < 1.29 is 0 Å². The van der Waals surface area contributed by atoms with Gasteiger partial charge in [0, 0.05) is 33.4 Å². The number of benzene rings is 9. The maximum Gasteiger partial charge on any atom is 0.160 e. The Labute approximate surface area is 385 Å². The van der Waals surface area contributed by atoms with Crippen molar-refractivity contribution in [3.63, 3.8) is 0 Å². The molecular weight excluding hydrogens is 801 g/mol. The van der Waals surface area contributed by atoms with E-state index in [1.165, 1.54) is 5.56 Å². The normalized spacial score (nSPS) is 11.0. The fraction of sp³-hybridized carbons (Fsp3) is 0. The zero-order valence-electron chi connectivity index (χ0n) is 36.0. The van der Waals surface area contributed by atoms with E-state index < -0.39 is 0 Å². The second kappa shape index (κ2) is 18.1. The molecule has 0 aliphatic heterocycles. The second-order valence-corrected chi connectivity index (χ2v) is 16.2. The maximum atomic E-state index is 5.35. The zero-order valence-corrected chi connectivity index (χ0v) is 36.0. The van der Waals surface area contributed by atoms with Crippen molar-refractivity contribution in [2.45, 2.75) is 0 Å². The molecule has 4 heteroatoms. The van der Waals surface area contributed by atoms with E-state index in [0.29, 0.717) is 11.6 Å². The molecule has 0 spiro atoms. The van der Waals surface area contributed by atoms with Crippen molar-refractivity contribution in [1.29, 1.82) is 0 Å². The van der Waals surface area contributed by atoms with Crippen molar-refractivity contribution in [2.75, 3.05) is 0 Å². The minimum Gasteiger partial charge on any atom is -0.228 e. The monoisotopic (exact) mass is 842 g/mol. The van der Waals surface area contributed by atoms with Gasteiger partial charge in [-0.1, -0.05) is 243 Å². The van der Waals surface area contributed by atoms with E-state index in [1.807, 2.05) is 48.5 Å². The third-order valence-electron chi connectivity index (χ3n) is 12.0. The van der Waals surface area contributed by atoms with Gasteiger partial charge in [0.1, 0.15) is 0 Å². The average Bonchev–Trinajstić information content (AvgIpc) is 3.41. The molecule has 0 radical (unpaired) electrons. The summed E-state index contributed by atoms with van der Waals surface area (Å²) in [5.41, 5.74) is 18.2. The van der Waals surface area contributed by atoms with Crippen LogP contribution in [-0.4, -0.2) is 19.9 Å². The van der Waals surface area contributed by atoms with Gasteiger partial charge >= 0.3 is 0 Å². The summed E-state index contributed by atoms with van der Waals surface area (Å²) in [7, 11) is 0. The highest BCUT2D eigenvalue weighted by atomic mass is 14.9. The van der Waals surface area contributed by atoms with E-state index in [4.69, 9.17) is 19.9 Å². The summed E-state index contributed by atoms with van der Waals surface area (Å²) < 4.78 is 0. The first-order chi connectivity index (χ1) is 32.7. The number of hydrogen-bond acceptors (Lipinski definition) is 4. The SMILES string of the molecule is c1ccc(-c2ccc(-c3cccc(-c4ccccc4-c4cc(-c5ccccc5)nc(-c5ccccc5)n4)c3-c3ccccc3-c3cc(-c4ccccc4)nc(-c4ccccc4)n3)cc2)cc1. The topological polar surface area (TPSA) is 51.6 Å². The molecule has 0 aliphatic carbocycles. The number of aromatic nitrogens is 4. The molecule has 0 N–H and O–H groups in total. The Bertz CT molecular complexity index is 3310. The van der Waals surface area contributed by atoms with Crippen LogP contribution in [0.15, 0.2) is 255 Å². The van der Waals surface area contributed by atoms with Crippen LogP contribution >= 0.6 is 0 Å². The van der Waals surface area contributed by atoms with E-state index in [-0.39, 0.29) is 0 Å². The lowest BCUT2D eigenvalue weighted by Gasteiger charge is -2.21. The molecule has 0 unspecified atom stereocenters. The van der Waals surface area contributed by atoms with E-state index in [0.717, 1.165) is 95.1 Å². The molecule has 9 aromatic carbocycles. The Morgan fingerprint density at radius 1 is 0.182 bits per heavy atom. The average molecular weight is 843 g/mol. The lowest BCUT2D eigenvalue weighted by molar-refractivity contribution is 1.18. The summed E-state index contributed by atoms with van der Waals surface area (Å²) in [6.07, 6.45) is 0. The molecule has 310 valence electrons. The highest BCUT2D eigenvalue weighted by Crippen LogP contribution is 2.47. The minimum absolute atomic E-state index is 0.671. The van der Waals surface area contributed by atoms with Crippen LogP contribution in [0.2, 0.25) is 0 Å². The Hall–Kier alpha value is -8.86. The number of nitrogens with zero attached hydrogens (tertiary/aromatic N) is 4. The lowest BCUT2D eigenvalue weighted by atomic mass is 9.83. The predicted molar refractivity (Wildman–Crippen MR) is 272 cm³/mol. The molecular formula is C62H42N4. The fourth-order valence-corrected chi connectivity index (χ4v) is 8.76. The molecule has 66 heavy (non-hydrogen) atoms. The van der Waals surface area contributed by atoms with Gasteiger partial charge in [0.2, 0.25) is 0 Å². The van der Waals surface area contributed by atoms with Crippen molar-refractivity contribution in [2.24, 2.45) is 0 Å². The first-order valence-electron chi connectivity index (χ1n) is 22.2. The van der Waals surface area contributed by atoms with Gasteiger partial charge in [0.05, 0.1) is 22.8 Å². The smallest absolute Gasteiger partial charge is 0.160 e. The second-order valence-electron chi connectivity index (χ2n) is 16.2. The van der Waals surface area contributed by atoms with Crippen molar-refractivity contribution in [3.8, 4) is 112 Å². The van der Waals surface area contributed by atoms with Crippen LogP contribution < -0.4 is 0 Å². The quantitative estimate of drug-likeness (QED) is 0.138. The molecule has 0 bridgehead atoms. The number of rotatable bonds is 10. The van der Waals surface area contributed by atoms with Gasteiger partial charge < -0.3 is 0 Å². The van der Waals surface area contributed by atoms with Crippen molar-refractivity contribution in [3.05, 3.63) is 255 Å². The molecule has 0 saturated carbocycles. The molecule has 4 nitrogen and oxygen atoms in total. The third kappa shape index (κ3) is 8.11. The highest BCUT2D eigenvalue weighted by molar-refractivity contribution is 6.02. The Kier molecular flexibility index (Phi) is 10.9. The standard InChI is InChI=1S/C62H42N4/c1-6-21-43(22-7-1)44-37-39-45(40-38-44)50-35-20-36-54(51-31-16-17-32-52(51)58-41-56(46-23-8-2-9-24-46)63-61(65-58)48-27-12-4-13-28-48)60(50)55-34-19-18-33-53(55)59-42-57(47-25-10-3-11-26-47)64-62(66-59)49-29-14-5-15-30-49/h1-42H. The van der Waals surface area contributed by atoms with Gasteiger partial charge in [0.25, 0.3) is 0 Å². The van der Waals surface area contributed by atoms with E-state index in [2.05, 4.69) is 206 Å². The lowest BCUT2D eigenvalue weighted by Crippen LogP contribution is -1.99. The van der Waals surface area contributed by atoms with Crippen LogP contribution in [0.3, 0.4) is 0 Å². The van der Waals surface area contributed by atoms with Crippen LogP contribution in [-0.2, 0) is 0 Å². The summed E-state index contributed by atoms with van der Waals surface area (Å²) in [6.45, 7) is 0. The van der Waals surface area contributed by atoms with Gasteiger partial charge in [-0.25, -0.2) is 19.9 Å². The summed E-state index contributed by atoms with van der Waals surface area (Å²) in [6, 6.07) is 88.8. The molecule has 11 rings (SSSR count). The highest BCUT2D eigenvalue weighted by Gasteiger charge is 2.22. The summed E-state index contributed by atoms with van der Waals surface area (Å²) in [5, 5.41) is 0. The van der Waals surface area contributed by atoms with Gasteiger partial charge in [-0.2, -0.15) is 0 Å². The van der Waals surface area contributed by atoms with Gasteiger partial charge in [-0.15, -0.1) is 0 Å². The molecule has 0 aliphatic rings. The van der Waals surface area contributed by atoms with Crippen molar-refractivity contribution in [1.82, 2.24) is 19.9 Å². The molecule has 0 amide bonds. The zero-order chi connectivity index (χ0) is 44.1. The fourth-order valence-electron chi connectivity index (χ4n) is 8.76. The van der Waals surface area contributed by atoms with E-state index in [9.17, 15) is 0 Å². The molecule has 2 aromatic heterocycles. The molecule has 0 atom stereocenters. The largest absolute Gasteiger partial charge is 0.228 e. The van der Waals surface area contributed by atoms with Crippen LogP contribution in [0, 0.1) is 0 Å². The Morgan fingerprint density at radius 2 is 0.500 bits per heavy atom. The third-order valence-corrected chi connectivity index (χ3v) is 12.0. The van der Waals surface area contributed by atoms with E-state index in [1.54, 1.807) is 0 Å². The first-order valence-corrected chi connectivity index (χ1v) is 22.2. The Balaban J connectivity index is 1.16. The minimum atomic E-state index is 0.671. The summed E-state index contributed by atoms with van der Waals surface area (Å²) in [4.78, 5) is 20.9. The van der Waals surface area contributed by atoms with Crippen LogP contribution in [0.5, 0.6) is 0 Å². The van der Waals surface area contributed by atoms with Crippen LogP contribution in [0.1, 0.15) is 0 Å². The maximum absolute atomic E-state index is 5.35. The number of hydrogen-bond donors (Lipinski definition) is 0. The van der Waals surface area contributed by atoms with Crippen LogP contribution in [0.4, 0.5) is 0 Å². The molecule has 11 aromatic rings. The van der Waals surface area contributed by atoms with Crippen molar-refractivity contribution >= 4 is 0 Å². The van der Waals surface area contributed by atoms with Gasteiger partial charge in [0.15, 0.2) is 11.6 Å². The first kappa shape index (κ1) is 40.0. The van der Waals surface area contributed by atoms with Gasteiger partial charge in [-0.3, -0.25) is 0 Å². The molecule has 0 saturated heterocycles. The van der Waals surface area contributed by atoms with E-state index >= 15 is 0 Å². The molecule has 0 fully saturated rings. The predicted octanol–water partition coefficient (Wildman–Crippen LogP) is 15.9. The van der Waals surface area contributed by atoms with Gasteiger partial charge in [-0.05, 0) is 56.6 Å². The van der Waals surface area contributed by atoms with Crippen LogP contribution in [0.25, 0.3) is 112 Å². The summed E-state index contributed by atoms with van der Waals surface area (Å²) >= 11 is 0. The Morgan fingerprint density at radius 3 is 0.985 bits per heavy atom. The summed E-state index contributed by atoms with van der Waals surface area (Å²) in [5.74, 6) is 1.34.